The molecule has 1 aromatic heterocycles. The molecule has 1 aromatic carbocycles. The first-order chi connectivity index (χ1) is 10.1. The maximum Gasteiger partial charge on any atom is 0.224 e. The molecule has 0 bridgehead atoms. The average Bonchev–Trinajstić information content (AvgIpc) is 3.29. The molecule has 3 rings (SSSR count). The molecule has 1 amide bonds. The Labute approximate surface area is 132 Å². The Bertz CT molecular complexity index is 627. The zero-order valence-corrected chi connectivity index (χ0v) is 13.4. The summed E-state index contributed by atoms with van der Waals surface area (Å²) in [6.07, 6.45) is 4.47. The largest absolute Gasteiger partial charge is 0.349 e. The second-order valence-electron chi connectivity index (χ2n) is 5.52. The Hall–Kier alpha value is -1.68. The summed E-state index contributed by atoms with van der Waals surface area (Å²) in [6.45, 7) is 1.99. The SMILES string of the molecule is CC(NC(=O)C1CC1c1ccc(Br)cc1)c1cccnc1. The highest BCUT2D eigenvalue weighted by Gasteiger charge is 2.44. The maximum atomic E-state index is 12.3. The Balaban J connectivity index is 1.59. The van der Waals surface area contributed by atoms with E-state index in [1.54, 1.807) is 12.4 Å². The van der Waals surface area contributed by atoms with Crippen LogP contribution in [0.4, 0.5) is 0 Å². The lowest BCUT2D eigenvalue weighted by atomic mass is 10.1. The summed E-state index contributed by atoms with van der Waals surface area (Å²) < 4.78 is 1.07. The molecular formula is C17H17BrN2O. The van der Waals surface area contributed by atoms with Gasteiger partial charge in [0.2, 0.25) is 5.91 Å². The number of carbonyl (C=O) groups excluding carboxylic acids is 1. The Morgan fingerprint density at radius 2 is 2.10 bits per heavy atom. The molecule has 0 radical (unpaired) electrons. The number of nitrogens with zero attached hydrogens (tertiary/aromatic N) is 1. The van der Waals surface area contributed by atoms with Crippen molar-refractivity contribution in [2.24, 2.45) is 5.92 Å². The van der Waals surface area contributed by atoms with Crippen LogP contribution in [-0.2, 0) is 4.79 Å². The number of benzene rings is 1. The lowest BCUT2D eigenvalue weighted by Crippen LogP contribution is -2.28. The number of nitrogens with one attached hydrogen (secondary N) is 1. The number of carbonyl (C=O) groups is 1. The van der Waals surface area contributed by atoms with Crippen molar-refractivity contribution < 1.29 is 4.79 Å². The van der Waals surface area contributed by atoms with Crippen molar-refractivity contribution in [1.82, 2.24) is 10.3 Å². The van der Waals surface area contributed by atoms with Crippen LogP contribution in [0.1, 0.15) is 36.4 Å². The second kappa shape index (κ2) is 5.98. The Morgan fingerprint density at radius 1 is 1.33 bits per heavy atom. The summed E-state index contributed by atoms with van der Waals surface area (Å²) in [5.74, 6) is 0.601. The second-order valence-corrected chi connectivity index (χ2v) is 6.43. The first-order valence-corrected chi connectivity index (χ1v) is 7.90. The predicted octanol–water partition coefficient (Wildman–Crippen LogP) is 3.83. The Morgan fingerprint density at radius 3 is 2.76 bits per heavy atom. The molecule has 0 saturated heterocycles. The van der Waals surface area contributed by atoms with E-state index in [0.29, 0.717) is 5.92 Å². The van der Waals surface area contributed by atoms with E-state index in [0.717, 1.165) is 16.5 Å². The molecule has 3 unspecified atom stereocenters. The van der Waals surface area contributed by atoms with Crippen LogP contribution < -0.4 is 5.32 Å². The first kappa shape index (κ1) is 14.3. The van der Waals surface area contributed by atoms with E-state index < -0.39 is 0 Å². The molecule has 0 aliphatic heterocycles. The van der Waals surface area contributed by atoms with Gasteiger partial charge in [-0.05, 0) is 48.6 Å². The molecule has 1 aliphatic carbocycles. The fourth-order valence-corrected chi connectivity index (χ4v) is 2.86. The molecule has 1 aliphatic rings. The third-order valence-electron chi connectivity index (χ3n) is 3.97. The van der Waals surface area contributed by atoms with Crippen LogP contribution in [0.3, 0.4) is 0 Å². The van der Waals surface area contributed by atoms with Gasteiger partial charge in [0.05, 0.1) is 6.04 Å². The number of pyridine rings is 1. The van der Waals surface area contributed by atoms with Gasteiger partial charge in [-0.1, -0.05) is 34.1 Å². The maximum absolute atomic E-state index is 12.3. The minimum atomic E-state index is -0.00244. The molecule has 1 N–H and O–H groups in total. The lowest BCUT2D eigenvalue weighted by Gasteiger charge is -2.13. The van der Waals surface area contributed by atoms with Crippen molar-refractivity contribution in [3.8, 4) is 0 Å². The molecule has 1 saturated carbocycles. The minimum absolute atomic E-state index is 0.00244. The van der Waals surface area contributed by atoms with Crippen LogP contribution in [0, 0.1) is 5.92 Å². The minimum Gasteiger partial charge on any atom is -0.349 e. The fraction of sp³-hybridized carbons (Fsp3) is 0.294. The van der Waals surface area contributed by atoms with Gasteiger partial charge in [0.1, 0.15) is 0 Å². The quantitative estimate of drug-likeness (QED) is 0.915. The summed E-state index contributed by atoms with van der Waals surface area (Å²) in [7, 11) is 0. The van der Waals surface area contributed by atoms with Crippen molar-refractivity contribution >= 4 is 21.8 Å². The average molecular weight is 345 g/mol. The summed E-state index contributed by atoms with van der Waals surface area (Å²) in [5, 5.41) is 3.08. The van der Waals surface area contributed by atoms with E-state index in [1.165, 1.54) is 5.56 Å². The number of hydrogen-bond donors (Lipinski definition) is 1. The van der Waals surface area contributed by atoms with Crippen LogP contribution in [0.2, 0.25) is 0 Å². The van der Waals surface area contributed by atoms with Gasteiger partial charge in [-0.3, -0.25) is 9.78 Å². The molecule has 21 heavy (non-hydrogen) atoms. The summed E-state index contributed by atoms with van der Waals surface area (Å²) in [6, 6.07) is 12.1. The number of amides is 1. The fourth-order valence-electron chi connectivity index (χ4n) is 2.60. The van der Waals surface area contributed by atoms with Crippen molar-refractivity contribution in [3.63, 3.8) is 0 Å². The van der Waals surface area contributed by atoms with Gasteiger partial charge in [-0.25, -0.2) is 0 Å². The molecular weight excluding hydrogens is 328 g/mol. The molecule has 1 heterocycles. The molecule has 4 heteroatoms. The Kier molecular flexibility index (Phi) is 4.06. The summed E-state index contributed by atoms with van der Waals surface area (Å²) >= 11 is 3.43. The molecule has 108 valence electrons. The van der Waals surface area contributed by atoms with Crippen LogP contribution in [-0.4, -0.2) is 10.9 Å². The van der Waals surface area contributed by atoms with Crippen molar-refractivity contribution in [1.29, 1.82) is 0 Å². The van der Waals surface area contributed by atoms with Crippen LogP contribution >= 0.6 is 15.9 Å². The lowest BCUT2D eigenvalue weighted by molar-refractivity contribution is -0.123. The zero-order chi connectivity index (χ0) is 14.8. The third-order valence-corrected chi connectivity index (χ3v) is 4.50. The van der Waals surface area contributed by atoms with Gasteiger partial charge in [0, 0.05) is 22.8 Å². The molecule has 1 fully saturated rings. The zero-order valence-electron chi connectivity index (χ0n) is 11.8. The molecule has 0 spiro atoms. The first-order valence-electron chi connectivity index (χ1n) is 7.11. The normalized spacial score (nSPS) is 21.6. The third kappa shape index (κ3) is 3.32. The van der Waals surface area contributed by atoms with Gasteiger partial charge >= 0.3 is 0 Å². The highest BCUT2D eigenvalue weighted by Crippen LogP contribution is 2.47. The van der Waals surface area contributed by atoms with Gasteiger partial charge < -0.3 is 5.32 Å². The monoisotopic (exact) mass is 344 g/mol. The molecule has 2 aromatic rings. The standard InChI is InChI=1S/C17H17BrN2O/c1-11(13-3-2-8-19-10-13)20-17(21)16-9-15(16)12-4-6-14(18)7-5-12/h2-8,10-11,15-16H,9H2,1H3,(H,20,21). The van der Waals surface area contributed by atoms with E-state index in [-0.39, 0.29) is 17.9 Å². The van der Waals surface area contributed by atoms with Crippen LogP contribution in [0.15, 0.2) is 53.3 Å². The number of halogens is 1. The smallest absolute Gasteiger partial charge is 0.224 e. The van der Waals surface area contributed by atoms with Crippen LogP contribution in [0.5, 0.6) is 0 Å². The summed E-state index contributed by atoms with van der Waals surface area (Å²) in [4.78, 5) is 16.4. The van der Waals surface area contributed by atoms with E-state index in [4.69, 9.17) is 0 Å². The predicted molar refractivity (Wildman–Crippen MR) is 85.8 cm³/mol. The van der Waals surface area contributed by atoms with E-state index >= 15 is 0 Å². The number of aromatic nitrogens is 1. The topological polar surface area (TPSA) is 42.0 Å². The number of rotatable bonds is 4. The van der Waals surface area contributed by atoms with Crippen molar-refractivity contribution in [3.05, 3.63) is 64.4 Å². The number of hydrogen-bond acceptors (Lipinski definition) is 2. The van der Waals surface area contributed by atoms with Gasteiger partial charge in [0.15, 0.2) is 0 Å². The van der Waals surface area contributed by atoms with E-state index in [1.807, 2.05) is 31.2 Å². The van der Waals surface area contributed by atoms with Crippen LogP contribution in [0.25, 0.3) is 0 Å². The highest BCUT2D eigenvalue weighted by atomic mass is 79.9. The van der Waals surface area contributed by atoms with Gasteiger partial charge in [0.25, 0.3) is 0 Å². The van der Waals surface area contributed by atoms with Crippen molar-refractivity contribution in [2.75, 3.05) is 0 Å². The summed E-state index contributed by atoms with van der Waals surface area (Å²) in [5.41, 5.74) is 2.28. The highest BCUT2D eigenvalue weighted by molar-refractivity contribution is 9.10. The van der Waals surface area contributed by atoms with Gasteiger partial charge in [-0.15, -0.1) is 0 Å². The van der Waals surface area contributed by atoms with E-state index in [9.17, 15) is 4.79 Å². The van der Waals surface area contributed by atoms with Crippen molar-refractivity contribution in [2.45, 2.75) is 25.3 Å². The van der Waals surface area contributed by atoms with E-state index in [2.05, 4.69) is 38.4 Å². The molecule has 3 nitrogen and oxygen atoms in total. The van der Waals surface area contributed by atoms with Gasteiger partial charge in [-0.2, -0.15) is 0 Å². The molecule has 3 atom stereocenters.